The summed E-state index contributed by atoms with van der Waals surface area (Å²) in [5.74, 6) is 1.54. The number of amides is 1. The lowest BCUT2D eigenvalue weighted by Gasteiger charge is -2.36. The van der Waals surface area contributed by atoms with Crippen LogP contribution in [0.4, 0.5) is 0 Å². The smallest absolute Gasteiger partial charge is 0.292 e. The van der Waals surface area contributed by atoms with Crippen LogP contribution >= 0.6 is 0 Å². The van der Waals surface area contributed by atoms with E-state index < -0.39 is 0 Å². The van der Waals surface area contributed by atoms with E-state index in [0.29, 0.717) is 23.9 Å². The van der Waals surface area contributed by atoms with Gasteiger partial charge < -0.3 is 18.6 Å². The number of aromatic nitrogens is 1. The van der Waals surface area contributed by atoms with E-state index in [-0.39, 0.29) is 11.9 Å². The van der Waals surface area contributed by atoms with E-state index in [1.54, 1.807) is 13.2 Å². The second kappa shape index (κ2) is 6.58. The Balaban J connectivity index is 1.84. The first-order valence-electron chi connectivity index (χ1n) is 8.00. The van der Waals surface area contributed by atoms with Crippen LogP contribution in [0.25, 0.3) is 0 Å². The summed E-state index contributed by atoms with van der Waals surface area (Å²) in [6.07, 6.45) is 3.54. The second-order valence-corrected chi connectivity index (χ2v) is 6.19. The van der Waals surface area contributed by atoms with Gasteiger partial charge in [-0.1, -0.05) is 0 Å². The number of piperidine rings is 1. The fourth-order valence-electron chi connectivity index (χ4n) is 3.10. The Morgan fingerprint density at radius 1 is 1.39 bits per heavy atom. The van der Waals surface area contributed by atoms with E-state index in [4.69, 9.17) is 8.83 Å². The lowest BCUT2D eigenvalue weighted by Crippen LogP contribution is -2.46. The fraction of sp³-hybridized carbons (Fsp3) is 0.529. The number of likely N-dealkylation sites (tertiary alicyclic amines) is 1. The molecule has 6 heteroatoms. The molecule has 0 aromatic carbocycles. The number of aryl methyl sites for hydroxylation is 2. The number of rotatable bonds is 4. The molecule has 0 spiro atoms. The molecule has 2 aromatic rings. The van der Waals surface area contributed by atoms with E-state index in [1.165, 1.54) is 0 Å². The second-order valence-electron chi connectivity index (χ2n) is 6.19. The number of hydrogen-bond acceptors (Lipinski definition) is 5. The third kappa shape index (κ3) is 3.47. The van der Waals surface area contributed by atoms with Crippen LogP contribution in [0.5, 0.6) is 0 Å². The van der Waals surface area contributed by atoms with Crippen LogP contribution in [0.3, 0.4) is 0 Å². The van der Waals surface area contributed by atoms with Crippen LogP contribution in [0.15, 0.2) is 27.2 Å². The summed E-state index contributed by atoms with van der Waals surface area (Å²) >= 11 is 0. The largest absolute Gasteiger partial charge is 0.467 e. The molecule has 124 valence electrons. The van der Waals surface area contributed by atoms with Crippen LogP contribution in [0.1, 0.15) is 40.7 Å². The molecule has 23 heavy (non-hydrogen) atoms. The third-order valence-corrected chi connectivity index (χ3v) is 4.39. The van der Waals surface area contributed by atoms with Crippen molar-refractivity contribution in [1.82, 2.24) is 14.8 Å². The summed E-state index contributed by atoms with van der Waals surface area (Å²) in [5, 5.41) is 0. The minimum absolute atomic E-state index is 0.103. The number of oxazole rings is 1. The predicted octanol–water partition coefficient (Wildman–Crippen LogP) is 2.62. The molecule has 1 saturated heterocycles. The first-order chi connectivity index (χ1) is 11.0. The molecule has 0 saturated carbocycles. The molecule has 3 rings (SSSR count). The third-order valence-electron chi connectivity index (χ3n) is 4.39. The first kappa shape index (κ1) is 15.8. The van der Waals surface area contributed by atoms with E-state index in [0.717, 1.165) is 31.7 Å². The fourth-order valence-corrected chi connectivity index (χ4v) is 3.10. The molecule has 0 unspecified atom stereocenters. The SMILES string of the molecule is Cc1nc(C)c(C(=O)N(Cc2ccco2)C2CCN(C)CC2)o1. The van der Waals surface area contributed by atoms with E-state index in [1.807, 2.05) is 24.0 Å². The minimum atomic E-state index is -0.103. The molecule has 0 N–H and O–H groups in total. The van der Waals surface area contributed by atoms with Crippen molar-refractivity contribution in [3.05, 3.63) is 41.5 Å². The van der Waals surface area contributed by atoms with Gasteiger partial charge in [-0.3, -0.25) is 4.79 Å². The van der Waals surface area contributed by atoms with Crippen molar-refractivity contribution in [3.63, 3.8) is 0 Å². The average molecular weight is 317 g/mol. The maximum absolute atomic E-state index is 13.0. The Morgan fingerprint density at radius 2 is 2.13 bits per heavy atom. The molecule has 1 aliphatic heterocycles. The van der Waals surface area contributed by atoms with Gasteiger partial charge in [-0.25, -0.2) is 4.98 Å². The molecule has 0 bridgehead atoms. The molecule has 1 fully saturated rings. The summed E-state index contributed by atoms with van der Waals surface area (Å²) in [6.45, 7) is 6.00. The van der Waals surface area contributed by atoms with Gasteiger partial charge in [0.05, 0.1) is 18.5 Å². The van der Waals surface area contributed by atoms with Crippen LogP contribution in [0.2, 0.25) is 0 Å². The number of carbonyl (C=O) groups excluding carboxylic acids is 1. The zero-order valence-corrected chi connectivity index (χ0v) is 13.9. The Labute approximate surface area is 136 Å². The minimum Gasteiger partial charge on any atom is -0.467 e. The topological polar surface area (TPSA) is 62.7 Å². The van der Waals surface area contributed by atoms with Crippen LogP contribution in [0, 0.1) is 13.8 Å². The zero-order valence-electron chi connectivity index (χ0n) is 13.9. The Kier molecular flexibility index (Phi) is 4.52. The van der Waals surface area contributed by atoms with Gasteiger partial charge >= 0.3 is 0 Å². The van der Waals surface area contributed by atoms with Crippen molar-refractivity contribution in [1.29, 1.82) is 0 Å². The molecular formula is C17H23N3O3. The Hall–Kier alpha value is -2.08. The highest BCUT2D eigenvalue weighted by Crippen LogP contribution is 2.22. The summed E-state index contributed by atoms with van der Waals surface area (Å²) < 4.78 is 11.0. The van der Waals surface area contributed by atoms with E-state index in [2.05, 4.69) is 16.9 Å². The molecular weight excluding hydrogens is 294 g/mol. The summed E-state index contributed by atoms with van der Waals surface area (Å²) in [7, 11) is 2.11. The van der Waals surface area contributed by atoms with Gasteiger partial charge in [0.25, 0.3) is 5.91 Å². The monoisotopic (exact) mass is 317 g/mol. The number of hydrogen-bond donors (Lipinski definition) is 0. The lowest BCUT2D eigenvalue weighted by molar-refractivity contribution is 0.0517. The number of carbonyl (C=O) groups is 1. The molecule has 1 aliphatic rings. The highest BCUT2D eigenvalue weighted by atomic mass is 16.4. The number of furan rings is 1. The summed E-state index contributed by atoms with van der Waals surface area (Å²) in [5.41, 5.74) is 0.643. The average Bonchev–Trinajstić information content (AvgIpc) is 3.14. The molecule has 1 amide bonds. The van der Waals surface area contributed by atoms with Crippen molar-refractivity contribution in [2.75, 3.05) is 20.1 Å². The van der Waals surface area contributed by atoms with Gasteiger partial charge in [0.15, 0.2) is 5.89 Å². The van der Waals surface area contributed by atoms with E-state index >= 15 is 0 Å². The van der Waals surface area contributed by atoms with Crippen LogP contribution < -0.4 is 0 Å². The maximum Gasteiger partial charge on any atom is 0.292 e. The van der Waals surface area contributed by atoms with Gasteiger partial charge in [0.2, 0.25) is 5.76 Å². The molecule has 2 aromatic heterocycles. The van der Waals surface area contributed by atoms with Crippen LogP contribution in [-0.2, 0) is 6.54 Å². The first-order valence-corrected chi connectivity index (χ1v) is 8.00. The van der Waals surface area contributed by atoms with E-state index in [9.17, 15) is 4.79 Å². The normalized spacial score (nSPS) is 16.7. The lowest BCUT2D eigenvalue weighted by atomic mass is 10.0. The quantitative estimate of drug-likeness (QED) is 0.867. The standard InChI is InChI=1S/C17H23N3O3/c1-12-16(23-13(2)18-12)17(21)20(11-15-5-4-10-22-15)14-6-8-19(3)9-7-14/h4-5,10,14H,6-9,11H2,1-3H3. The predicted molar refractivity (Wildman–Crippen MR) is 85.1 cm³/mol. The van der Waals surface area contributed by atoms with Crippen molar-refractivity contribution in [2.45, 2.75) is 39.3 Å². The maximum atomic E-state index is 13.0. The molecule has 6 nitrogen and oxygen atoms in total. The molecule has 3 heterocycles. The number of nitrogens with zero attached hydrogens (tertiary/aromatic N) is 3. The molecule has 0 atom stereocenters. The van der Waals surface area contributed by atoms with Crippen molar-refractivity contribution >= 4 is 5.91 Å². The highest BCUT2D eigenvalue weighted by Gasteiger charge is 2.31. The molecule has 0 aliphatic carbocycles. The van der Waals surface area contributed by atoms with Crippen molar-refractivity contribution in [3.8, 4) is 0 Å². The van der Waals surface area contributed by atoms with Crippen molar-refractivity contribution < 1.29 is 13.6 Å². The Morgan fingerprint density at radius 3 is 2.70 bits per heavy atom. The van der Waals surface area contributed by atoms with Gasteiger partial charge in [-0.15, -0.1) is 0 Å². The Bertz CT molecular complexity index is 655. The van der Waals surface area contributed by atoms with Gasteiger partial charge in [-0.2, -0.15) is 0 Å². The van der Waals surface area contributed by atoms with Crippen molar-refractivity contribution in [2.24, 2.45) is 0 Å². The van der Waals surface area contributed by atoms with Gasteiger partial charge in [-0.05, 0) is 52.0 Å². The zero-order chi connectivity index (χ0) is 16.4. The summed E-state index contributed by atoms with van der Waals surface area (Å²) in [6, 6.07) is 3.93. The van der Waals surface area contributed by atoms with Gasteiger partial charge in [0.1, 0.15) is 5.76 Å². The summed E-state index contributed by atoms with van der Waals surface area (Å²) in [4.78, 5) is 21.4. The van der Waals surface area contributed by atoms with Crippen LogP contribution in [-0.4, -0.2) is 46.9 Å². The van der Waals surface area contributed by atoms with Gasteiger partial charge in [0, 0.05) is 13.0 Å². The molecule has 0 radical (unpaired) electrons. The highest BCUT2D eigenvalue weighted by molar-refractivity contribution is 5.92.